The number of hydrogen-bond acceptors (Lipinski definition) is 4. The summed E-state index contributed by atoms with van der Waals surface area (Å²) >= 11 is 0. The predicted molar refractivity (Wildman–Crippen MR) is 86.1 cm³/mol. The van der Waals surface area contributed by atoms with Crippen molar-refractivity contribution in [3.8, 4) is 17.3 Å². The smallest absolute Gasteiger partial charge is 0.233 e. The summed E-state index contributed by atoms with van der Waals surface area (Å²) < 4.78 is 21.2. The van der Waals surface area contributed by atoms with Crippen molar-refractivity contribution in [1.29, 1.82) is 0 Å². The molecule has 2 aromatic heterocycles. The van der Waals surface area contributed by atoms with Crippen LogP contribution in [0.4, 0.5) is 0 Å². The molecule has 3 heterocycles. The average Bonchev–Trinajstić information content (AvgIpc) is 3.18. The molecule has 0 N–H and O–H groups in total. The van der Waals surface area contributed by atoms with Gasteiger partial charge >= 0.3 is 0 Å². The van der Waals surface area contributed by atoms with Gasteiger partial charge in [-0.25, -0.2) is 0 Å². The van der Waals surface area contributed by atoms with Crippen molar-refractivity contribution in [1.82, 2.24) is 14.9 Å². The van der Waals surface area contributed by atoms with Gasteiger partial charge in [-0.2, -0.15) is 0 Å². The molecule has 1 atom stereocenters. The number of aromatic nitrogens is 3. The van der Waals surface area contributed by atoms with Gasteiger partial charge in [-0.1, -0.05) is 49.3 Å². The summed E-state index contributed by atoms with van der Waals surface area (Å²) in [7, 11) is 0. The molecule has 1 aliphatic rings. The molecule has 3 aromatic rings. The molecular formula is C18H19N3O2. The Morgan fingerprint density at radius 1 is 1.39 bits per heavy atom. The first-order valence-electron chi connectivity index (χ1n) is 8.32. The van der Waals surface area contributed by atoms with Crippen molar-refractivity contribution >= 4 is 0 Å². The van der Waals surface area contributed by atoms with E-state index in [1.54, 1.807) is 0 Å². The zero-order valence-electron chi connectivity index (χ0n) is 14.2. The van der Waals surface area contributed by atoms with Gasteiger partial charge in [0.1, 0.15) is 12.3 Å². The van der Waals surface area contributed by atoms with Gasteiger partial charge < -0.3 is 9.26 Å². The summed E-state index contributed by atoms with van der Waals surface area (Å²) in [4.78, 5) is 0. The summed E-state index contributed by atoms with van der Waals surface area (Å²) in [6.07, 6.45) is 1.10. The third kappa shape index (κ3) is 2.32. The second kappa shape index (κ2) is 5.26. The lowest BCUT2D eigenvalue weighted by atomic mass is 9.78. The van der Waals surface area contributed by atoms with Gasteiger partial charge in [0.15, 0.2) is 5.76 Å². The highest BCUT2D eigenvalue weighted by molar-refractivity contribution is 5.62. The fourth-order valence-electron chi connectivity index (χ4n) is 2.99. The van der Waals surface area contributed by atoms with E-state index in [1.807, 2.05) is 41.1 Å². The number of ether oxygens (including phenoxy) is 1. The van der Waals surface area contributed by atoms with Gasteiger partial charge in [0.25, 0.3) is 0 Å². The minimum Gasteiger partial charge on any atom is -0.472 e. The first-order valence-corrected chi connectivity index (χ1v) is 7.82. The SMILES string of the molecule is [2H]c1noc2c1[C@@](C)(CC)Cn1nc(OCc3ccccc3)cc1-2. The maximum absolute atomic E-state index is 8.06. The van der Waals surface area contributed by atoms with Gasteiger partial charge in [-0.3, -0.25) is 4.68 Å². The third-order valence-corrected chi connectivity index (χ3v) is 4.62. The quantitative estimate of drug-likeness (QED) is 0.735. The zero-order chi connectivity index (χ0) is 16.7. The molecule has 0 aliphatic carbocycles. The summed E-state index contributed by atoms with van der Waals surface area (Å²) in [6, 6.07) is 11.9. The number of hydrogen-bond donors (Lipinski definition) is 0. The Morgan fingerprint density at radius 2 is 2.22 bits per heavy atom. The Bertz CT molecular complexity index is 872. The van der Waals surface area contributed by atoms with Crippen LogP contribution in [-0.2, 0) is 18.6 Å². The molecule has 1 aliphatic heterocycles. The standard InChI is InChI=1S/C18H19N3O2/c1-3-18(2)12-21-15(17-14(18)10-19-23-17)9-16(20-21)22-11-13-7-5-4-6-8-13/h4-10H,3,11-12H2,1-2H3/t18-/m0/s1/i10D. The van der Waals surface area contributed by atoms with E-state index in [9.17, 15) is 0 Å². The average molecular weight is 310 g/mol. The van der Waals surface area contributed by atoms with Crippen LogP contribution in [0.1, 0.15) is 32.8 Å². The molecule has 1 aromatic carbocycles. The van der Waals surface area contributed by atoms with E-state index in [0.29, 0.717) is 24.8 Å². The van der Waals surface area contributed by atoms with E-state index in [4.69, 9.17) is 10.6 Å². The van der Waals surface area contributed by atoms with Crippen LogP contribution in [0.25, 0.3) is 11.5 Å². The molecule has 0 saturated heterocycles. The molecule has 5 nitrogen and oxygen atoms in total. The van der Waals surface area contributed by atoms with E-state index in [0.717, 1.165) is 23.2 Å². The van der Waals surface area contributed by atoms with Crippen LogP contribution in [0.3, 0.4) is 0 Å². The fraction of sp³-hybridized carbons (Fsp3) is 0.333. The highest BCUT2D eigenvalue weighted by atomic mass is 16.5. The van der Waals surface area contributed by atoms with Crippen LogP contribution in [0, 0.1) is 0 Å². The van der Waals surface area contributed by atoms with Gasteiger partial charge in [-0.15, -0.1) is 5.10 Å². The predicted octanol–water partition coefficient (Wildman–Crippen LogP) is 3.80. The molecule has 0 unspecified atom stereocenters. The molecule has 0 fully saturated rings. The summed E-state index contributed by atoms with van der Waals surface area (Å²) in [5.74, 6) is 1.20. The molecule has 0 saturated carbocycles. The van der Waals surface area contributed by atoms with Crippen molar-refractivity contribution in [2.24, 2.45) is 0 Å². The van der Waals surface area contributed by atoms with Gasteiger partial charge in [0.05, 0.1) is 14.1 Å². The van der Waals surface area contributed by atoms with Crippen LogP contribution in [0.15, 0.2) is 47.1 Å². The van der Waals surface area contributed by atoms with Gasteiger partial charge in [0, 0.05) is 17.0 Å². The van der Waals surface area contributed by atoms with E-state index >= 15 is 0 Å². The van der Waals surface area contributed by atoms with Gasteiger partial charge in [0.2, 0.25) is 5.88 Å². The second-order valence-electron chi connectivity index (χ2n) is 6.21. The first-order chi connectivity index (χ1) is 11.6. The Labute approximate surface area is 136 Å². The van der Waals surface area contributed by atoms with Crippen LogP contribution < -0.4 is 4.74 Å². The highest BCUT2D eigenvalue weighted by Crippen LogP contribution is 2.42. The molecule has 23 heavy (non-hydrogen) atoms. The van der Waals surface area contributed by atoms with Crippen LogP contribution >= 0.6 is 0 Å². The van der Waals surface area contributed by atoms with Crippen molar-refractivity contribution in [3.63, 3.8) is 0 Å². The third-order valence-electron chi connectivity index (χ3n) is 4.62. The molecule has 0 amide bonds. The maximum Gasteiger partial charge on any atom is 0.233 e. The monoisotopic (exact) mass is 310 g/mol. The molecule has 5 heteroatoms. The fourth-order valence-corrected chi connectivity index (χ4v) is 2.99. The summed E-state index contributed by atoms with van der Waals surface area (Å²) in [5.41, 5.74) is 2.58. The summed E-state index contributed by atoms with van der Waals surface area (Å²) in [6.45, 7) is 5.39. The second-order valence-corrected chi connectivity index (χ2v) is 6.21. The normalized spacial score (nSPS) is 19.8. The Morgan fingerprint density at radius 3 is 3.00 bits per heavy atom. The minimum atomic E-state index is -0.206. The lowest BCUT2D eigenvalue weighted by Gasteiger charge is -2.31. The van der Waals surface area contributed by atoms with E-state index in [-0.39, 0.29) is 11.6 Å². The molecule has 0 bridgehead atoms. The largest absolute Gasteiger partial charge is 0.472 e. The molecular weight excluding hydrogens is 290 g/mol. The molecule has 118 valence electrons. The van der Waals surface area contributed by atoms with E-state index in [1.165, 1.54) is 0 Å². The highest BCUT2D eigenvalue weighted by Gasteiger charge is 2.37. The minimum absolute atomic E-state index is 0.206. The van der Waals surface area contributed by atoms with Crippen molar-refractivity contribution < 1.29 is 10.6 Å². The van der Waals surface area contributed by atoms with Crippen LogP contribution in [-0.4, -0.2) is 14.9 Å². The topological polar surface area (TPSA) is 53.1 Å². The number of nitrogens with zero attached hydrogens (tertiary/aromatic N) is 3. The Kier molecular flexibility index (Phi) is 2.96. The Hall–Kier alpha value is -2.56. The first kappa shape index (κ1) is 12.9. The number of fused-ring (bicyclic) bond motifs is 3. The molecule has 4 rings (SSSR count). The summed E-state index contributed by atoms with van der Waals surface area (Å²) in [5, 5.41) is 8.42. The van der Waals surface area contributed by atoms with Crippen molar-refractivity contribution in [3.05, 3.63) is 53.7 Å². The lowest BCUT2D eigenvalue weighted by molar-refractivity contribution is 0.282. The Balaban J connectivity index is 1.66. The van der Waals surface area contributed by atoms with E-state index in [2.05, 4.69) is 24.1 Å². The lowest BCUT2D eigenvalue weighted by Crippen LogP contribution is -2.31. The molecule has 0 radical (unpaired) electrons. The van der Waals surface area contributed by atoms with Crippen molar-refractivity contribution in [2.75, 3.05) is 0 Å². The van der Waals surface area contributed by atoms with Crippen LogP contribution in [0.5, 0.6) is 5.88 Å². The van der Waals surface area contributed by atoms with E-state index < -0.39 is 0 Å². The number of rotatable bonds is 4. The van der Waals surface area contributed by atoms with Crippen molar-refractivity contribution in [2.45, 2.75) is 38.8 Å². The molecule has 0 spiro atoms. The number of benzene rings is 1. The zero-order valence-corrected chi connectivity index (χ0v) is 13.2. The van der Waals surface area contributed by atoms with Crippen LogP contribution in [0.2, 0.25) is 0 Å². The van der Waals surface area contributed by atoms with Gasteiger partial charge in [-0.05, 0) is 12.0 Å². The maximum atomic E-state index is 8.06.